The van der Waals surface area contributed by atoms with Crippen molar-refractivity contribution in [2.24, 2.45) is 0 Å². The van der Waals surface area contributed by atoms with Gasteiger partial charge in [0.1, 0.15) is 23.2 Å². The summed E-state index contributed by atoms with van der Waals surface area (Å²) in [6.45, 7) is 0. The average Bonchev–Trinajstić information content (AvgIpc) is 3.45. The largest absolute Gasteiger partial charge is 0.457 e. The van der Waals surface area contributed by atoms with E-state index in [1.807, 2.05) is 30.3 Å². The van der Waals surface area contributed by atoms with Gasteiger partial charge in [0.2, 0.25) is 0 Å². The lowest BCUT2D eigenvalue weighted by Gasteiger charge is -2.01. The first-order valence-electron chi connectivity index (χ1n) is 9.59. The maximum absolute atomic E-state index is 12.6. The maximum atomic E-state index is 12.6. The Morgan fingerprint density at radius 3 is 2.67 bits per heavy atom. The van der Waals surface area contributed by atoms with Crippen LogP contribution in [0.5, 0.6) is 0 Å². The lowest BCUT2D eigenvalue weighted by atomic mass is 10.1. The first-order valence-corrected chi connectivity index (χ1v) is 11.5. The minimum absolute atomic E-state index is 0.118. The molecule has 0 saturated carbocycles. The Hall–Kier alpha value is -3.08. The predicted molar refractivity (Wildman–Crippen MR) is 133 cm³/mol. The molecule has 2 aromatic heterocycles. The molecule has 0 bridgehead atoms. The Balaban J connectivity index is 1.46. The Morgan fingerprint density at radius 2 is 1.91 bits per heavy atom. The fraction of sp³-hybridized carbons (Fsp3) is 0.0417. The van der Waals surface area contributed by atoms with Gasteiger partial charge in [-0.2, -0.15) is 5.26 Å². The topological polar surface area (TPSA) is 78.9 Å². The van der Waals surface area contributed by atoms with E-state index in [9.17, 15) is 10.1 Å². The lowest BCUT2D eigenvalue weighted by Crippen LogP contribution is -2.13. The molecule has 5 nitrogen and oxygen atoms in total. The third kappa shape index (κ3) is 5.65. The summed E-state index contributed by atoms with van der Waals surface area (Å²) >= 11 is 19.5. The van der Waals surface area contributed by atoms with Crippen LogP contribution in [-0.4, -0.2) is 10.9 Å². The molecule has 0 spiro atoms. The van der Waals surface area contributed by atoms with E-state index in [4.69, 9.17) is 39.2 Å². The standard InChI is InChI=1S/C24H14Cl3N3O2S/c25-19-4-2-1-3-14(19)10-18-13-29-24(33-18)30-23(31)16(12-28)9-17-6-8-22(32-17)15-5-7-20(26)21(27)11-15/h1-9,11,13H,10H2,(H,29,30,31). The Bertz CT molecular complexity index is 1400. The molecule has 2 heterocycles. The molecular weight excluding hydrogens is 501 g/mol. The van der Waals surface area contributed by atoms with Crippen molar-refractivity contribution in [3.63, 3.8) is 0 Å². The van der Waals surface area contributed by atoms with Gasteiger partial charge in [-0.1, -0.05) is 53.0 Å². The SMILES string of the molecule is N#CC(=Cc1ccc(-c2ccc(Cl)c(Cl)c2)o1)C(=O)Nc1ncc(Cc2ccccc2Cl)s1. The number of anilines is 1. The van der Waals surface area contributed by atoms with Gasteiger partial charge in [0.15, 0.2) is 5.13 Å². The highest BCUT2D eigenvalue weighted by Crippen LogP contribution is 2.30. The van der Waals surface area contributed by atoms with Gasteiger partial charge in [0, 0.05) is 34.2 Å². The molecule has 0 aliphatic rings. The van der Waals surface area contributed by atoms with Gasteiger partial charge >= 0.3 is 0 Å². The number of benzene rings is 2. The second-order valence-electron chi connectivity index (χ2n) is 6.85. The second-order valence-corrected chi connectivity index (χ2v) is 9.19. The number of carbonyl (C=O) groups is 1. The molecule has 0 aliphatic carbocycles. The number of hydrogen-bond acceptors (Lipinski definition) is 5. The van der Waals surface area contributed by atoms with Crippen molar-refractivity contribution in [2.75, 3.05) is 5.32 Å². The van der Waals surface area contributed by atoms with Crippen molar-refractivity contribution in [3.05, 3.63) is 97.6 Å². The van der Waals surface area contributed by atoms with E-state index < -0.39 is 5.91 Å². The summed E-state index contributed by atoms with van der Waals surface area (Å²) in [5.74, 6) is 0.298. The van der Waals surface area contributed by atoms with E-state index in [1.54, 1.807) is 36.5 Å². The monoisotopic (exact) mass is 513 g/mol. The molecule has 9 heteroatoms. The van der Waals surface area contributed by atoms with Crippen molar-refractivity contribution in [3.8, 4) is 17.4 Å². The van der Waals surface area contributed by atoms with E-state index in [0.29, 0.717) is 38.1 Å². The van der Waals surface area contributed by atoms with Crippen LogP contribution in [0.4, 0.5) is 5.13 Å². The van der Waals surface area contributed by atoms with Crippen molar-refractivity contribution in [2.45, 2.75) is 6.42 Å². The zero-order chi connectivity index (χ0) is 23.4. The summed E-state index contributed by atoms with van der Waals surface area (Å²) in [7, 11) is 0. The quantitative estimate of drug-likeness (QED) is 0.213. The average molecular weight is 515 g/mol. The van der Waals surface area contributed by atoms with Gasteiger partial charge in [-0.05, 0) is 42.0 Å². The number of aromatic nitrogens is 1. The van der Waals surface area contributed by atoms with E-state index in [1.165, 1.54) is 17.4 Å². The number of amides is 1. The molecule has 33 heavy (non-hydrogen) atoms. The number of nitrogens with one attached hydrogen (secondary N) is 1. The Labute approximate surface area is 208 Å². The van der Waals surface area contributed by atoms with Crippen LogP contribution >= 0.6 is 46.1 Å². The molecule has 0 fully saturated rings. The van der Waals surface area contributed by atoms with Crippen molar-refractivity contribution >= 4 is 63.3 Å². The molecule has 0 aliphatic heterocycles. The van der Waals surface area contributed by atoms with E-state index in [0.717, 1.165) is 16.0 Å². The fourth-order valence-electron chi connectivity index (χ4n) is 2.97. The molecule has 4 aromatic rings. The van der Waals surface area contributed by atoms with Gasteiger partial charge < -0.3 is 4.42 Å². The minimum Gasteiger partial charge on any atom is -0.457 e. The van der Waals surface area contributed by atoms with Crippen LogP contribution in [0.15, 0.2) is 70.8 Å². The number of carbonyl (C=O) groups excluding carboxylic acids is 1. The predicted octanol–water partition coefficient (Wildman–Crippen LogP) is 7.50. The van der Waals surface area contributed by atoms with Crippen molar-refractivity contribution < 1.29 is 9.21 Å². The Morgan fingerprint density at radius 1 is 1.09 bits per heavy atom. The number of nitrogens with zero attached hydrogens (tertiary/aromatic N) is 2. The van der Waals surface area contributed by atoms with Crippen LogP contribution in [0.2, 0.25) is 15.1 Å². The number of furan rings is 1. The summed E-state index contributed by atoms with van der Waals surface area (Å²) in [4.78, 5) is 17.8. The molecule has 0 atom stereocenters. The molecule has 0 saturated heterocycles. The van der Waals surface area contributed by atoms with Gasteiger partial charge in [-0.25, -0.2) is 4.98 Å². The van der Waals surface area contributed by atoms with Crippen LogP contribution in [-0.2, 0) is 11.2 Å². The highest BCUT2D eigenvalue weighted by Gasteiger charge is 2.14. The number of hydrogen-bond donors (Lipinski definition) is 1. The molecule has 1 N–H and O–H groups in total. The minimum atomic E-state index is -0.580. The van der Waals surface area contributed by atoms with Crippen LogP contribution < -0.4 is 5.32 Å². The molecule has 164 valence electrons. The normalized spacial score (nSPS) is 11.3. The number of nitriles is 1. The van der Waals surface area contributed by atoms with Crippen LogP contribution in [0.25, 0.3) is 17.4 Å². The van der Waals surface area contributed by atoms with Crippen molar-refractivity contribution in [1.82, 2.24) is 4.98 Å². The molecule has 4 rings (SSSR count). The van der Waals surface area contributed by atoms with Crippen LogP contribution in [0.3, 0.4) is 0 Å². The second kappa shape index (κ2) is 10.2. The van der Waals surface area contributed by atoms with Gasteiger partial charge in [0.25, 0.3) is 5.91 Å². The maximum Gasteiger partial charge on any atom is 0.268 e. The smallest absolute Gasteiger partial charge is 0.268 e. The number of halogens is 3. The van der Waals surface area contributed by atoms with Gasteiger partial charge in [0.05, 0.1) is 10.0 Å². The Kier molecular flexibility index (Phi) is 7.17. The van der Waals surface area contributed by atoms with Crippen LogP contribution in [0, 0.1) is 11.3 Å². The number of rotatable bonds is 6. The summed E-state index contributed by atoms with van der Waals surface area (Å²) in [5, 5.41) is 14.0. The number of thiazole rings is 1. The zero-order valence-electron chi connectivity index (χ0n) is 16.8. The first-order chi connectivity index (χ1) is 15.9. The molecule has 0 unspecified atom stereocenters. The summed E-state index contributed by atoms with van der Waals surface area (Å²) in [6, 6.07) is 17.9. The third-order valence-electron chi connectivity index (χ3n) is 4.58. The van der Waals surface area contributed by atoms with Crippen molar-refractivity contribution in [1.29, 1.82) is 5.26 Å². The van der Waals surface area contributed by atoms with E-state index >= 15 is 0 Å². The first kappa shape index (κ1) is 23.1. The van der Waals surface area contributed by atoms with E-state index in [2.05, 4.69) is 10.3 Å². The summed E-state index contributed by atoms with van der Waals surface area (Å²) < 4.78 is 5.74. The zero-order valence-corrected chi connectivity index (χ0v) is 19.9. The van der Waals surface area contributed by atoms with Crippen LogP contribution in [0.1, 0.15) is 16.2 Å². The van der Waals surface area contributed by atoms with E-state index in [-0.39, 0.29) is 5.57 Å². The third-order valence-corrected chi connectivity index (χ3v) is 6.60. The molecule has 2 aromatic carbocycles. The lowest BCUT2D eigenvalue weighted by molar-refractivity contribution is -0.112. The summed E-state index contributed by atoms with van der Waals surface area (Å²) in [6.07, 6.45) is 3.64. The highest BCUT2D eigenvalue weighted by molar-refractivity contribution is 7.15. The molecular formula is C24H14Cl3N3O2S. The van der Waals surface area contributed by atoms with Gasteiger partial charge in [-0.15, -0.1) is 11.3 Å². The summed E-state index contributed by atoms with van der Waals surface area (Å²) in [5.41, 5.74) is 1.57. The molecule has 0 radical (unpaired) electrons. The molecule has 1 amide bonds. The van der Waals surface area contributed by atoms with Gasteiger partial charge in [-0.3, -0.25) is 10.1 Å². The fourth-order valence-corrected chi connectivity index (χ4v) is 4.30. The highest BCUT2D eigenvalue weighted by atomic mass is 35.5.